The summed E-state index contributed by atoms with van der Waals surface area (Å²) in [6.45, 7) is 14.8. The van der Waals surface area contributed by atoms with Gasteiger partial charge >= 0.3 is 5.97 Å². The van der Waals surface area contributed by atoms with E-state index in [4.69, 9.17) is 23.8 Å². The number of hydrogen-bond donors (Lipinski definition) is 1. The summed E-state index contributed by atoms with van der Waals surface area (Å²) in [4.78, 5) is 80.1. The first-order valence-corrected chi connectivity index (χ1v) is 21.1. The Hall–Kier alpha value is -3.00. The number of nitrogens with zero attached hydrogens (tertiary/aromatic N) is 1. The number of hydrogen-bond acceptors (Lipinski definition) is 11. The Kier molecular flexibility index (Phi) is 15.1. The van der Waals surface area contributed by atoms with Crippen LogP contribution in [0.4, 0.5) is 0 Å². The summed E-state index contributed by atoms with van der Waals surface area (Å²) in [5.74, 6) is -0.516. The highest BCUT2D eigenvalue weighted by Gasteiger charge is 2.65. The minimum atomic E-state index is -0.734. The summed E-state index contributed by atoms with van der Waals surface area (Å²) in [5, 5.41) is 3.56. The summed E-state index contributed by atoms with van der Waals surface area (Å²) in [7, 11) is 0. The van der Waals surface area contributed by atoms with Gasteiger partial charge in [-0.15, -0.1) is 5.06 Å². The van der Waals surface area contributed by atoms with E-state index in [2.05, 4.69) is 33.0 Å². The zero-order valence-electron chi connectivity index (χ0n) is 34.6. The molecule has 5 aliphatic rings. The molecule has 314 valence electrons. The fraction of sp³-hybridized carbons (Fsp3) is 0.814. The van der Waals surface area contributed by atoms with E-state index in [1.54, 1.807) is 6.92 Å². The lowest BCUT2D eigenvalue weighted by Crippen LogP contribution is -2.61. The standard InChI is InChI=1S/C43H66N2O11/c1-7-37(49)45(29(3)46)56-38(50)12-18-52-20-22-54-24-25-55-23-21-53-19-17-44-40(51)30-8-13-41(4)14-9-33-31(34(41)26-30)27-36(48)39-42(5)16-11-35(47)28(2)32(42)10-15-43(33,39)6/h27-28,30,32-34,39H,7-26H2,1-6H3,(H,44,51). The van der Waals surface area contributed by atoms with Crippen LogP contribution in [0.1, 0.15) is 112 Å². The van der Waals surface area contributed by atoms with Crippen molar-refractivity contribution in [1.29, 1.82) is 0 Å². The van der Waals surface area contributed by atoms with Crippen molar-refractivity contribution >= 4 is 35.3 Å². The molecule has 0 aromatic carbocycles. The molecule has 4 fully saturated rings. The largest absolute Gasteiger partial charge is 0.378 e. The molecule has 3 amide bonds. The molecule has 0 radical (unpaired) electrons. The zero-order valence-corrected chi connectivity index (χ0v) is 34.6. The highest BCUT2D eigenvalue weighted by Crippen LogP contribution is 2.69. The monoisotopic (exact) mass is 786 g/mol. The minimum absolute atomic E-state index is 0.0298. The van der Waals surface area contributed by atoms with Gasteiger partial charge in [-0.2, -0.15) is 0 Å². The first kappa shape index (κ1) is 44.1. The van der Waals surface area contributed by atoms with E-state index >= 15 is 0 Å². The van der Waals surface area contributed by atoms with Gasteiger partial charge in [0.05, 0.1) is 59.3 Å². The Morgan fingerprint density at radius 2 is 1.43 bits per heavy atom. The van der Waals surface area contributed by atoms with Crippen molar-refractivity contribution in [1.82, 2.24) is 10.4 Å². The van der Waals surface area contributed by atoms with Crippen LogP contribution in [0.5, 0.6) is 0 Å². The van der Waals surface area contributed by atoms with E-state index < -0.39 is 17.8 Å². The van der Waals surface area contributed by atoms with Gasteiger partial charge in [-0.1, -0.05) is 40.2 Å². The van der Waals surface area contributed by atoms with Crippen molar-refractivity contribution in [2.75, 3.05) is 59.4 Å². The fourth-order valence-corrected chi connectivity index (χ4v) is 11.3. The second kappa shape index (κ2) is 19.2. The Balaban J connectivity index is 0.951. The number of allylic oxidation sites excluding steroid dienone is 2. The van der Waals surface area contributed by atoms with Crippen LogP contribution >= 0.6 is 0 Å². The van der Waals surface area contributed by atoms with Gasteiger partial charge in [0, 0.05) is 44.1 Å². The molecule has 0 spiro atoms. The van der Waals surface area contributed by atoms with E-state index in [-0.39, 0.29) is 83.6 Å². The maximum absolute atomic E-state index is 14.3. The van der Waals surface area contributed by atoms with Gasteiger partial charge in [-0.3, -0.25) is 24.0 Å². The van der Waals surface area contributed by atoms with Gasteiger partial charge in [0.15, 0.2) is 5.78 Å². The maximum Gasteiger partial charge on any atom is 0.335 e. The summed E-state index contributed by atoms with van der Waals surface area (Å²) in [5.41, 5.74) is 1.17. The summed E-state index contributed by atoms with van der Waals surface area (Å²) < 4.78 is 22.0. The van der Waals surface area contributed by atoms with E-state index in [0.29, 0.717) is 69.4 Å². The molecule has 0 saturated heterocycles. The predicted octanol–water partition coefficient (Wildman–Crippen LogP) is 5.18. The van der Waals surface area contributed by atoms with Crippen LogP contribution in [-0.4, -0.2) is 99.7 Å². The van der Waals surface area contributed by atoms with Crippen LogP contribution < -0.4 is 5.32 Å². The first-order chi connectivity index (χ1) is 26.7. The van der Waals surface area contributed by atoms with E-state index in [1.165, 1.54) is 5.57 Å². The number of ether oxygens (including phenoxy) is 4. The smallest absolute Gasteiger partial charge is 0.335 e. The van der Waals surface area contributed by atoms with Crippen LogP contribution in [0.3, 0.4) is 0 Å². The van der Waals surface area contributed by atoms with Crippen molar-refractivity contribution in [3.63, 3.8) is 0 Å². The van der Waals surface area contributed by atoms with Gasteiger partial charge in [0.1, 0.15) is 5.78 Å². The molecule has 13 heteroatoms. The number of hydroxylamine groups is 2. The lowest BCUT2D eigenvalue weighted by Gasteiger charge is -2.64. The molecular formula is C43H66N2O11. The molecule has 9 atom stereocenters. The summed E-state index contributed by atoms with van der Waals surface area (Å²) >= 11 is 0. The molecule has 5 rings (SSSR count). The molecule has 13 nitrogen and oxygen atoms in total. The molecule has 0 bridgehead atoms. The van der Waals surface area contributed by atoms with E-state index in [9.17, 15) is 28.8 Å². The molecule has 4 saturated carbocycles. The van der Waals surface area contributed by atoms with Crippen LogP contribution in [0.15, 0.2) is 11.6 Å². The van der Waals surface area contributed by atoms with Gasteiger partial charge in [-0.25, -0.2) is 4.79 Å². The third-order valence-electron chi connectivity index (χ3n) is 14.3. The number of carbonyl (C=O) groups excluding carboxylic acids is 6. The van der Waals surface area contributed by atoms with Crippen LogP contribution in [0.25, 0.3) is 0 Å². The number of rotatable bonds is 17. The molecule has 0 aliphatic heterocycles. The van der Waals surface area contributed by atoms with Crippen molar-refractivity contribution in [3.8, 4) is 0 Å². The summed E-state index contributed by atoms with van der Waals surface area (Å²) in [6, 6.07) is 0. The highest BCUT2D eigenvalue weighted by atomic mass is 16.7. The quantitative estimate of drug-likeness (QED) is 0.153. The molecule has 5 aliphatic carbocycles. The normalized spacial score (nSPS) is 33.6. The molecule has 9 unspecified atom stereocenters. The van der Waals surface area contributed by atoms with Gasteiger partial charge in [0.25, 0.3) is 11.8 Å². The number of ketones is 2. The van der Waals surface area contributed by atoms with E-state index in [0.717, 1.165) is 58.3 Å². The Morgan fingerprint density at radius 3 is 2.07 bits per heavy atom. The van der Waals surface area contributed by atoms with Crippen molar-refractivity contribution in [2.24, 2.45) is 51.8 Å². The second-order valence-electron chi connectivity index (χ2n) is 17.7. The van der Waals surface area contributed by atoms with Crippen LogP contribution in [-0.2, 0) is 52.6 Å². The fourth-order valence-electron chi connectivity index (χ4n) is 11.3. The zero-order chi connectivity index (χ0) is 40.7. The first-order valence-electron chi connectivity index (χ1n) is 21.1. The van der Waals surface area contributed by atoms with Crippen LogP contribution in [0.2, 0.25) is 0 Å². The van der Waals surface area contributed by atoms with Gasteiger partial charge in [0.2, 0.25) is 5.91 Å². The Bertz CT molecular complexity index is 1500. The second-order valence-corrected chi connectivity index (χ2v) is 17.7. The summed E-state index contributed by atoms with van der Waals surface area (Å²) in [6.07, 6.45) is 10.2. The minimum Gasteiger partial charge on any atom is -0.378 e. The third-order valence-corrected chi connectivity index (χ3v) is 14.3. The lowest BCUT2D eigenvalue weighted by molar-refractivity contribution is -0.202. The molecule has 0 aromatic heterocycles. The van der Waals surface area contributed by atoms with E-state index in [1.807, 2.05) is 6.08 Å². The van der Waals surface area contributed by atoms with Crippen molar-refractivity contribution in [2.45, 2.75) is 112 Å². The van der Waals surface area contributed by atoms with Gasteiger partial charge < -0.3 is 29.1 Å². The number of nitrogens with one attached hydrogen (secondary N) is 1. The lowest BCUT2D eigenvalue weighted by atomic mass is 9.38. The number of carbonyl (C=O) groups is 6. The molecule has 0 aromatic rings. The Morgan fingerprint density at radius 1 is 0.804 bits per heavy atom. The molecule has 0 heterocycles. The average molecular weight is 787 g/mol. The number of fused-ring (bicyclic) bond motifs is 7. The SMILES string of the molecule is CCC(=O)N(OC(=O)CCOCCOCCOCCOCCNC(=O)C1CCC2(C)CCC3C(=CC(=O)C4C3(C)CCC3C(C)C(=O)CCC34C)C2C1)C(C)=O. The topological polar surface area (TPSA) is 164 Å². The third kappa shape index (κ3) is 9.64. The highest BCUT2D eigenvalue weighted by molar-refractivity contribution is 5.96. The maximum atomic E-state index is 14.3. The van der Waals surface area contributed by atoms with Crippen molar-refractivity contribution in [3.05, 3.63) is 11.6 Å². The van der Waals surface area contributed by atoms with Crippen molar-refractivity contribution < 1.29 is 52.6 Å². The predicted molar refractivity (Wildman–Crippen MR) is 205 cm³/mol. The number of imide groups is 1. The molecule has 1 N–H and O–H groups in total. The van der Waals surface area contributed by atoms with Gasteiger partial charge in [-0.05, 0) is 91.4 Å². The molecular weight excluding hydrogens is 720 g/mol. The average Bonchev–Trinajstić information content (AvgIpc) is 3.15. The van der Waals surface area contributed by atoms with Crippen LogP contribution in [0, 0.1) is 51.8 Å². The number of Topliss-reactive ketones (excluding diaryl/α,β-unsaturated/α-hetero) is 1. The number of amides is 3. The Labute approximate surface area is 332 Å². The molecule has 56 heavy (non-hydrogen) atoms.